The fourth-order valence-electron chi connectivity index (χ4n) is 3.33. The van der Waals surface area contributed by atoms with Crippen molar-refractivity contribution in [2.75, 3.05) is 19.6 Å². The Hall–Kier alpha value is -2.64. The molecule has 1 heterocycles. The average molecular weight is 415 g/mol. The lowest BCUT2D eigenvalue weighted by atomic mass is 10.1. The molecule has 7 heteroatoms. The van der Waals surface area contributed by atoms with E-state index in [1.165, 1.54) is 10.4 Å². The molecule has 0 spiro atoms. The first-order valence-electron chi connectivity index (χ1n) is 9.73. The molecule has 0 aliphatic heterocycles. The predicted molar refractivity (Wildman–Crippen MR) is 114 cm³/mol. The minimum Gasteiger partial charge on any atom is -0.451 e. The van der Waals surface area contributed by atoms with Crippen LogP contribution in [0.1, 0.15) is 35.5 Å². The number of amides is 1. The van der Waals surface area contributed by atoms with Crippen molar-refractivity contribution in [2.24, 2.45) is 0 Å². The van der Waals surface area contributed by atoms with Crippen molar-refractivity contribution in [3.8, 4) is 0 Å². The maximum atomic E-state index is 12.8. The van der Waals surface area contributed by atoms with E-state index in [4.69, 9.17) is 4.42 Å². The molecule has 0 atom stereocenters. The number of hydrogen-bond acceptors (Lipinski definition) is 4. The minimum absolute atomic E-state index is 0.202. The van der Waals surface area contributed by atoms with E-state index in [1.54, 1.807) is 32.9 Å². The SMILES string of the molecule is CCN(CC)S(=O)(=O)c1ccc2oc(C(=O)NCCc3ccccc3)c(C)c2c1. The summed E-state index contributed by atoms with van der Waals surface area (Å²) in [4.78, 5) is 12.8. The maximum absolute atomic E-state index is 12.8. The van der Waals surface area contributed by atoms with E-state index in [0.717, 1.165) is 12.0 Å². The van der Waals surface area contributed by atoms with Crippen LogP contribution in [-0.2, 0) is 16.4 Å². The monoisotopic (exact) mass is 414 g/mol. The third-order valence-electron chi connectivity index (χ3n) is 5.00. The summed E-state index contributed by atoms with van der Waals surface area (Å²) in [6, 6.07) is 14.6. The van der Waals surface area contributed by atoms with Gasteiger partial charge in [0.1, 0.15) is 5.58 Å². The number of fused-ring (bicyclic) bond motifs is 1. The van der Waals surface area contributed by atoms with E-state index in [1.807, 2.05) is 30.3 Å². The number of nitrogens with one attached hydrogen (secondary N) is 1. The summed E-state index contributed by atoms with van der Waals surface area (Å²) in [6.45, 7) is 6.67. The van der Waals surface area contributed by atoms with Crippen LogP contribution in [-0.4, -0.2) is 38.3 Å². The van der Waals surface area contributed by atoms with Crippen LogP contribution in [0.15, 0.2) is 57.8 Å². The molecule has 6 nitrogen and oxygen atoms in total. The van der Waals surface area contributed by atoms with Crippen LogP contribution in [0.3, 0.4) is 0 Å². The molecule has 29 heavy (non-hydrogen) atoms. The van der Waals surface area contributed by atoms with Crippen molar-refractivity contribution in [1.29, 1.82) is 0 Å². The standard InChI is InChI=1S/C22H26N2O4S/c1-4-24(5-2)29(26,27)18-11-12-20-19(15-18)16(3)21(28-20)22(25)23-14-13-17-9-7-6-8-10-17/h6-12,15H,4-5,13-14H2,1-3H3,(H,23,25). The highest BCUT2D eigenvalue weighted by atomic mass is 32.2. The van der Waals surface area contributed by atoms with Crippen molar-refractivity contribution >= 4 is 26.9 Å². The second-order valence-corrected chi connectivity index (χ2v) is 8.73. The second kappa shape index (κ2) is 8.80. The van der Waals surface area contributed by atoms with Crippen LogP contribution in [0.2, 0.25) is 0 Å². The number of aryl methyl sites for hydroxylation is 1. The van der Waals surface area contributed by atoms with E-state index in [-0.39, 0.29) is 16.6 Å². The number of carbonyl (C=O) groups excluding carboxylic acids is 1. The Morgan fingerprint density at radius 3 is 2.41 bits per heavy atom. The van der Waals surface area contributed by atoms with Gasteiger partial charge in [0.25, 0.3) is 5.91 Å². The van der Waals surface area contributed by atoms with Crippen molar-refractivity contribution < 1.29 is 17.6 Å². The van der Waals surface area contributed by atoms with Gasteiger partial charge in [-0.15, -0.1) is 0 Å². The summed E-state index contributed by atoms with van der Waals surface area (Å²) in [5.74, 6) is -0.0896. The smallest absolute Gasteiger partial charge is 0.287 e. The zero-order valence-electron chi connectivity index (χ0n) is 16.9. The van der Waals surface area contributed by atoms with E-state index < -0.39 is 10.0 Å². The van der Waals surface area contributed by atoms with Gasteiger partial charge in [-0.1, -0.05) is 44.2 Å². The van der Waals surface area contributed by atoms with E-state index in [9.17, 15) is 13.2 Å². The highest BCUT2D eigenvalue weighted by molar-refractivity contribution is 7.89. The Kier molecular flexibility index (Phi) is 6.39. The lowest BCUT2D eigenvalue weighted by Gasteiger charge is -2.18. The minimum atomic E-state index is -3.57. The summed E-state index contributed by atoms with van der Waals surface area (Å²) in [5, 5.41) is 3.50. The summed E-state index contributed by atoms with van der Waals surface area (Å²) in [6.07, 6.45) is 0.720. The molecule has 0 fully saturated rings. The van der Waals surface area contributed by atoms with Crippen LogP contribution in [0.25, 0.3) is 11.0 Å². The molecule has 0 unspecified atom stereocenters. The highest BCUT2D eigenvalue weighted by Gasteiger charge is 2.24. The average Bonchev–Trinajstić information content (AvgIpc) is 3.05. The van der Waals surface area contributed by atoms with Gasteiger partial charge in [0.15, 0.2) is 5.76 Å². The molecule has 0 radical (unpaired) electrons. The molecular formula is C22H26N2O4S. The highest BCUT2D eigenvalue weighted by Crippen LogP contribution is 2.28. The van der Waals surface area contributed by atoms with Gasteiger partial charge in [-0.3, -0.25) is 4.79 Å². The summed E-state index contributed by atoms with van der Waals surface area (Å²) in [7, 11) is -3.57. The number of nitrogens with zero attached hydrogens (tertiary/aromatic N) is 1. The zero-order chi connectivity index (χ0) is 21.0. The second-order valence-electron chi connectivity index (χ2n) is 6.79. The van der Waals surface area contributed by atoms with Crippen molar-refractivity contribution in [3.05, 3.63) is 65.4 Å². The fourth-order valence-corrected chi connectivity index (χ4v) is 4.82. The lowest BCUT2D eigenvalue weighted by Crippen LogP contribution is -2.30. The number of carbonyl (C=O) groups is 1. The Morgan fingerprint density at radius 1 is 1.07 bits per heavy atom. The zero-order valence-corrected chi connectivity index (χ0v) is 17.8. The Bertz CT molecular complexity index is 1100. The topological polar surface area (TPSA) is 79.6 Å². The van der Waals surface area contributed by atoms with Crippen LogP contribution in [0, 0.1) is 6.92 Å². The third kappa shape index (κ3) is 4.36. The number of benzene rings is 2. The number of rotatable bonds is 8. The molecule has 0 aliphatic rings. The van der Waals surface area contributed by atoms with Gasteiger partial charge in [0.2, 0.25) is 10.0 Å². The van der Waals surface area contributed by atoms with Gasteiger partial charge in [-0.2, -0.15) is 4.31 Å². The number of sulfonamides is 1. The Morgan fingerprint density at radius 2 is 1.76 bits per heavy atom. The molecule has 154 valence electrons. The first kappa shape index (κ1) is 21.1. The van der Waals surface area contributed by atoms with Gasteiger partial charge < -0.3 is 9.73 Å². The number of furan rings is 1. The third-order valence-corrected chi connectivity index (χ3v) is 7.05. The molecule has 1 aromatic heterocycles. The molecular weight excluding hydrogens is 388 g/mol. The van der Waals surface area contributed by atoms with Crippen LogP contribution in [0.5, 0.6) is 0 Å². The van der Waals surface area contributed by atoms with Gasteiger partial charge in [0.05, 0.1) is 4.90 Å². The molecule has 1 N–H and O–H groups in total. The van der Waals surface area contributed by atoms with E-state index in [2.05, 4.69) is 5.32 Å². The van der Waals surface area contributed by atoms with Crippen LogP contribution < -0.4 is 5.32 Å². The van der Waals surface area contributed by atoms with Crippen LogP contribution in [0.4, 0.5) is 0 Å². The van der Waals surface area contributed by atoms with Gasteiger partial charge in [0, 0.05) is 30.6 Å². The fraction of sp³-hybridized carbons (Fsp3) is 0.318. The normalized spacial score (nSPS) is 11.9. The van der Waals surface area contributed by atoms with Crippen molar-refractivity contribution in [3.63, 3.8) is 0 Å². The quantitative estimate of drug-likeness (QED) is 0.609. The predicted octanol–water partition coefficient (Wildman–Crippen LogP) is 3.74. The molecule has 3 rings (SSSR count). The van der Waals surface area contributed by atoms with Gasteiger partial charge >= 0.3 is 0 Å². The summed E-state index contributed by atoms with van der Waals surface area (Å²) >= 11 is 0. The van der Waals surface area contributed by atoms with Crippen LogP contribution >= 0.6 is 0 Å². The van der Waals surface area contributed by atoms with Crippen molar-refractivity contribution in [2.45, 2.75) is 32.1 Å². The molecule has 1 amide bonds. The largest absolute Gasteiger partial charge is 0.451 e. The van der Waals surface area contributed by atoms with Gasteiger partial charge in [-0.05, 0) is 37.1 Å². The molecule has 0 saturated carbocycles. The molecule has 3 aromatic rings. The van der Waals surface area contributed by atoms with Crippen molar-refractivity contribution in [1.82, 2.24) is 9.62 Å². The molecule has 0 aliphatic carbocycles. The van der Waals surface area contributed by atoms with Gasteiger partial charge in [-0.25, -0.2) is 8.42 Å². The summed E-state index contributed by atoms with van der Waals surface area (Å²) < 4.78 is 32.7. The summed E-state index contributed by atoms with van der Waals surface area (Å²) in [5.41, 5.74) is 2.27. The first-order chi connectivity index (χ1) is 13.9. The maximum Gasteiger partial charge on any atom is 0.287 e. The lowest BCUT2D eigenvalue weighted by molar-refractivity contribution is 0.0927. The van der Waals surface area contributed by atoms with E-state index >= 15 is 0 Å². The first-order valence-corrected chi connectivity index (χ1v) is 11.2. The molecule has 0 saturated heterocycles. The Labute approximate surface area is 171 Å². The van der Waals surface area contributed by atoms with E-state index in [0.29, 0.717) is 36.2 Å². The molecule has 0 bridgehead atoms. The number of hydrogen-bond donors (Lipinski definition) is 1. The Balaban J connectivity index is 1.81. The molecule has 2 aromatic carbocycles.